The molecule has 0 aliphatic heterocycles. The van der Waals surface area contributed by atoms with Crippen LogP contribution in [-0.4, -0.2) is 28.3 Å². The summed E-state index contributed by atoms with van der Waals surface area (Å²) in [6.45, 7) is 2.08. The smallest absolute Gasteiger partial charge is 0.374 e. The van der Waals surface area contributed by atoms with Crippen LogP contribution >= 0.6 is 0 Å². The van der Waals surface area contributed by atoms with Gasteiger partial charge in [0.2, 0.25) is 5.76 Å². The van der Waals surface area contributed by atoms with Gasteiger partial charge in [-0.05, 0) is 42.3 Å². The summed E-state index contributed by atoms with van der Waals surface area (Å²) in [4.78, 5) is 23.9. The number of hydrogen-bond acceptors (Lipinski definition) is 5. The number of esters is 1. The second-order valence-electron chi connectivity index (χ2n) is 5.64. The molecule has 1 N–H and O–H groups in total. The summed E-state index contributed by atoms with van der Waals surface area (Å²) in [6.07, 6.45) is 4.38. The topological polar surface area (TPSA) is 86.4 Å². The van der Waals surface area contributed by atoms with Gasteiger partial charge >= 0.3 is 5.97 Å². The molecule has 0 spiro atoms. The quantitative estimate of drug-likeness (QED) is 0.660. The highest BCUT2D eigenvalue weighted by molar-refractivity contribution is 5.94. The van der Waals surface area contributed by atoms with E-state index in [0.29, 0.717) is 18.0 Å². The van der Waals surface area contributed by atoms with Crippen LogP contribution in [0.5, 0.6) is 0 Å². The van der Waals surface area contributed by atoms with Crippen molar-refractivity contribution in [2.75, 3.05) is 11.9 Å². The molecule has 0 saturated carbocycles. The van der Waals surface area contributed by atoms with E-state index in [4.69, 9.17) is 9.15 Å². The maximum Gasteiger partial charge on any atom is 0.374 e. The Labute approximate surface area is 150 Å². The predicted molar refractivity (Wildman–Crippen MR) is 94.8 cm³/mol. The third-order valence-corrected chi connectivity index (χ3v) is 3.72. The number of benzene rings is 1. The minimum absolute atomic E-state index is 0.0484. The molecule has 0 fully saturated rings. The van der Waals surface area contributed by atoms with Gasteiger partial charge in [0, 0.05) is 18.1 Å². The Morgan fingerprint density at radius 1 is 1.19 bits per heavy atom. The van der Waals surface area contributed by atoms with Crippen molar-refractivity contribution < 1.29 is 18.7 Å². The maximum absolute atomic E-state index is 12.0. The highest BCUT2D eigenvalue weighted by Gasteiger charge is 2.15. The Balaban J connectivity index is 1.48. The lowest BCUT2D eigenvalue weighted by molar-refractivity contribution is -0.119. The zero-order chi connectivity index (χ0) is 18.4. The Bertz CT molecular complexity index is 867. The Hall–Kier alpha value is -3.35. The van der Waals surface area contributed by atoms with Crippen LogP contribution in [-0.2, 0) is 22.5 Å². The van der Waals surface area contributed by atoms with E-state index in [2.05, 4.69) is 17.3 Å². The summed E-state index contributed by atoms with van der Waals surface area (Å²) in [5.41, 5.74) is 1.83. The second-order valence-corrected chi connectivity index (χ2v) is 5.64. The van der Waals surface area contributed by atoms with Crippen LogP contribution in [0.3, 0.4) is 0 Å². The molecule has 26 heavy (non-hydrogen) atoms. The van der Waals surface area contributed by atoms with Crippen LogP contribution in [0.15, 0.2) is 59.3 Å². The minimum Gasteiger partial charge on any atom is -0.452 e. The third-order valence-electron chi connectivity index (χ3n) is 3.72. The van der Waals surface area contributed by atoms with Crippen LogP contribution in [0, 0.1) is 0 Å². The van der Waals surface area contributed by atoms with E-state index < -0.39 is 11.9 Å². The number of aromatic nitrogens is 2. The third kappa shape index (κ3) is 4.60. The van der Waals surface area contributed by atoms with Crippen molar-refractivity contribution in [1.82, 2.24) is 9.78 Å². The number of carbonyl (C=O) groups is 2. The summed E-state index contributed by atoms with van der Waals surface area (Å²) in [6, 6.07) is 12.5. The van der Waals surface area contributed by atoms with Gasteiger partial charge in [0.15, 0.2) is 6.61 Å². The van der Waals surface area contributed by atoms with Gasteiger partial charge in [-0.25, -0.2) is 4.79 Å². The Morgan fingerprint density at radius 3 is 2.69 bits per heavy atom. The van der Waals surface area contributed by atoms with E-state index >= 15 is 0 Å². The summed E-state index contributed by atoms with van der Waals surface area (Å²) in [5.74, 6) is -0.479. The van der Waals surface area contributed by atoms with Gasteiger partial charge in [-0.15, -0.1) is 0 Å². The minimum atomic E-state index is -0.687. The fourth-order valence-electron chi connectivity index (χ4n) is 2.35. The van der Waals surface area contributed by atoms with E-state index in [0.717, 1.165) is 6.42 Å². The highest BCUT2D eigenvalue weighted by Crippen LogP contribution is 2.12. The number of carbonyl (C=O) groups excluding carboxylic acids is 2. The number of amides is 1. The van der Waals surface area contributed by atoms with Gasteiger partial charge in [-0.1, -0.05) is 19.1 Å². The first-order valence-electron chi connectivity index (χ1n) is 8.26. The number of ether oxygens (including phenoxy) is 1. The molecular formula is C19H19N3O4. The number of hydrogen-bond donors (Lipinski definition) is 1. The molecule has 0 saturated heterocycles. The second kappa shape index (κ2) is 8.15. The average Bonchev–Trinajstić information content (AvgIpc) is 3.33. The summed E-state index contributed by atoms with van der Waals surface area (Å²) >= 11 is 0. The standard InChI is InChI=1S/C19H19N3O4/c1-2-14-4-6-15(7-5-14)21-18(23)13-25-19(24)17-9-8-16(26-17)12-22-11-3-10-20-22/h3-11H,2,12-13H2,1H3,(H,21,23). The number of aryl methyl sites for hydroxylation is 1. The van der Waals surface area contributed by atoms with Crippen molar-refractivity contribution >= 4 is 17.6 Å². The van der Waals surface area contributed by atoms with Crippen LogP contribution in [0.2, 0.25) is 0 Å². The zero-order valence-corrected chi connectivity index (χ0v) is 14.3. The average molecular weight is 353 g/mol. The van der Waals surface area contributed by atoms with Crippen LogP contribution in [0.4, 0.5) is 5.69 Å². The molecule has 0 radical (unpaired) electrons. The van der Waals surface area contributed by atoms with Gasteiger partial charge in [-0.3, -0.25) is 9.48 Å². The lowest BCUT2D eigenvalue weighted by atomic mass is 10.1. The summed E-state index contributed by atoms with van der Waals surface area (Å²) < 4.78 is 12.1. The monoisotopic (exact) mass is 353 g/mol. The number of nitrogens with zero attached hydrogens (tertiary/aromatic N) is 2. The van der Waals surface area contributed by atoms with E-state index in [1.165, 1.54) is 11.6 Å². The molecule has 2 heterocycles. The molecule has 1 amide bonds. The van der Waals surface area contributed by atoms with Crippen molar-refractivity contribution in [3.05, 3.63) is 71.9 Å². The van der Waals surface area contributed by atoms with Gasteiger partial charge < -0.3 is 14.5 Å². The lowest BCUT2D eigenvalue weighted by Gasteiger charge is -2.06. The fourth-order valence-corrected chi connectivity index (χ4v) is 2.35. The maximum atomic E-state index is 12.0. The largest absolute Gasteiger partial charge is 0.452 e. The van der Waals surface area contributed by atoms with Crippen LogP contribution in [0.1, 0.15) is 28.8 Å². The molecule has 7 heteroatoms. The molecule has 0 bridgehead atoms. The number of anilines is 1. The first-order valence-corrected chi connectivity index (χ1v) is 8.26. The van der Waals surface area contributed by atoms with Crippen molar-refractivity contribution in [1.29, 1.82) is 0 Å². The van der Waals surface area contributed by atoms with E-state index in [1.807, 2.05) is 24.3 Å². The SMILES string of the molecule is CCc1ccc(NC(=O)COC(=O)c2ccc(Cn3cccn3)o2)cc1. The van der Waals surface area contributed by atoms with E-state index in [9.17, 15) is 9.59 Å². The lowest BCUT2D eigenvalue weighted by Crippen LogP contribution is -2.20. The molecule has 1 aromatic carbocycles. The fraction of sp³-hybridized carbons (Fsp3) is 0.211. The van der Waals surface area contributed by atoms with Gasteiger partial charge in [0.1, 0.15) is 5.76 Å². The van der Waals surface area contributed by atoms with Crippen molar-refractivity contribution in [2.24, 2.45) is 0 Å². The number of nitrogens with one attached hydrogen (secondary N) is 1. The molecule has 7 nitrogen and oxygen atoms in total. The van der Waals surface area contributed by atoms with E-state index in [-0.39, 0.29) is 12.4 Å². The predicted octanol–water partition coefficient (Wildman–Crippen LogP) is 2.88. The molecule has 0 unspecified atom stereocenters. The van der Waals surface area contributed by atoms with Crippen LogP contribution < -0.4 is 5.32 Å². The normalized spacial score (nSPS) is 10.5. The molecule has 2 aromatic heterocycles. The highest BCUT2D eigenvalue weighted by atomic mass is 16.5. The molecular weight excluding hydrogens is 334 g/mol. The Kier molecular flexibility index (Phi) is 5.48. The first kappa shape index (κ1) is 17.5. The van der Waals surface area contributed by atoms with Crippen molar-refractivity contribution in [2.45, 2.75) is 19.9 Å². The number of rotatable bonds is 7. The zero-order valence-electron chi connectivity index (χ0n) is 14.3. The molecule has 0 atom stereocenters. The molecule has 3 rings (SSSR count). The van der Waals surface area contributed by atoms with Crippen LogP contribution in [0.25, 0.3) is 0 Å². The van der Waals surface area contributed by atoms with Gasteiger partial charge in [-0.2, -0.15) is 5.10 Å². The van der Waals surface area contributed by atoms with Crippen molar-refractivity contribution in [3.63, 3.8) is 0 Å². The van der Waals surface area contributed by atoms with Crippen molar-refractivity contribution in [3.8, 4) is 0 Å². The van der Waals surface area contributed by atoms with E-state index in [1.54, 1.807) is 29.2 Å². The molecule has 134 valence electrons. The summed E-state index contributed by atoms with van der Waals surface area (Å²) in [7, 11) is 0. The number of furan rings is 1. The summed E-state index contributed by atoms with van der Waals surface area (Å²) in [5, 5.41) is 6.74. The molecule has 0 aliphatic carbocycles. The van der Waals surface area contributed by atoms with Gasteiger partial charge in [0.25, 0.3) is 5.91 Å². The molecule has 0 aliphatic rings. The first-order chi connectivity index (χ1) is 12.6. The van der Waals surface area contributed by atoms with Gasteiger partial charge in [0.05, 0.1) is 6.54 Å². The molecule has 3 aromatic rings. The Morgan fingerprint density at radius 2 is 2.00 bits per heavy atom.